The SMILES string of the molecule is CN(C)CCNC(=O)c1ccc(NC(=O)c2nnc(COc3ccccc3)s2)cc1. The molecule has 3 aromatic rings. The van der Waals surface area contributed by atoms with Gasteiger partial charge in [-0.1, -0.05) is 29.5 Å². The lowest BCUT2D eigenvalue weighted by atomic mass is 10.2. The summed E-state index contributed by atoms with van der Waals surface area (Å²) >= 11 is 1.17. The van der Waals surface area contributed by atoms with Crippen LogP contribution in [0.25, 0.3) is 0 Å². The van der Waals surface area contributed by atoms with E-state index in [1.165, 1.54) is 11.3 Å². The zero-order valence-electron chi connectivity index (χ0n) is 16.8. The van der Waals surface area contributed by atoms with Crippen molar-refractivity contribution in [1.29, 1.82) is 0 Å². The van der Waals surface area contributed by atoms with Crippen LogP contribution in [-0.2, 0) is 6.61 Å². The number of para-hydroxylation sites is 1. The molecule has 0 radical (unpaired) electrons. The highest BCUT2D eigenvalue weighted by Gasteiger charge is 2.14. The maximum absolute atomic E-state index is 12.4. The molecule has 8 nitrogen and oxygen atoms in total. The fraction of sp³-hybridized carbons (Fsp3) is 0.238. The molecule has 30 heavy (non-hydrogen) atoms. The van der Waals surface area contributed by atoms with Gasteiger partial charge in [0.1, 0.15) is 12.4 Å². The summed E-state index contributed by atoms with van der Waals surface area (Å²) in [5.74, 6) is 0.216. The van der Waals surface area contributed by atoms with Gasteiger partial charge in [-0.3, -0.25) is 9.59 Å². The quantitative estimate of drug-likeness (QED) is 0.547. The zero-order valence-corrected chi connectivity index (χ0v) is 17.6. The van der Waals surface area contributed by atoms with E-state index >= 15 is 0 Å². The van der Waals surface area contributed by atoms with Gasteiger partial charge in [-0.2, -0.15) is 0 Å². The molecule has 3 rings (SSSR count). The van der Waals surface area contributed by atoms with Crippen molar-refractivity contribution in [3.63, 3.8) is 0 Å². The Balaban J connectivity index is 1.51. The monoisotopic (exact) mass is 425 g/mol. The minimum absolute atomic E-state index is 0.151. The lowest BCUT2D eigenvalue weighted by Gasteiger charge is -2.10. The van der Waals surface area contributed by atoms with E-state index < -0.39 is 0 Å². The zero-order chi connectivity index (χ0) is 21.3. The first-order chi connectivity index (χ1) is 14.5. The van der Waals surface area contributed by atoms with E-state index in [-0.39, 0.29) is 23.4 Å². The van der Waals surface area contributed by atoms with Crippen molar-refractivity contribution in [3.05, 3.63) is 70.2 Å². The third kappa shape index (κ3) is 6.36. The average Bonchev–Trinajstić information content (AvgIpc) is 3.22. The van der Waals surface area contributed by atoms with Gasteiger partial charge in [0.25, 0.3) is 11.8 Å². The Labute approximate surface area is 178 Å². The van der Waals surface area contributed by atoms with E-state index in [1.807, 2.05) is 49.3 Å². The first-order valence-electron chi connectivity index (χ1n) is 9.36. The topological polar surface area (TPSA) is 96.5 Å². The highest BCUT2D eigenvalue weighted by Crippen LogP contribution is 2.17. The molecule has 0 unspecified atom stereocenters. The largest absolute Gasteiger partial charge is 0.486 e. The van der Waals surface area contributed by atoms with E-state index in [0.29, 0.717) is 22.8 Å². The molecule has 2 amide bonds. The lowest BCUT2D eigenvalue weighted by Crippen LogP contribution is -2.31. The van der Waals surface area contributed by atoms with Crippen LogP contribution in [0.5, 0.6) is 5.75 Å². The standard InChI is InChI=1S/C21H23N5O3S/c1-26(2)13-12-22-19(27)15-8-10-16(11-9-15)23-20(28)21-25-24-18(30-21)14-29-17-6-4-3-5-7-17/h3-11H,12-14H2,1-2H3,(H,22,27)(H,23,28). The summed E-state index contributed by atoms with van der Waals surface area (Å²) in [6.07, 6.45) is 0. The summed E-state index contributed by atoms with van der Waals surface area (Å²) in [5.41, 5.74) is 1.10. The van der Waals surface area contributed by atoms with E-state index in [9.17, 15) is 9.59 Å². The number of nitrogens with one attached hydrogen (secondary N) is 2. The Morgan fingerprint density at radius 2 is 1.73 bits per heavy atom. The number of rotatable bonds is 9. The molecule has 0 atom stereocenters. The Kier molecular flexibility index (Phi) is 7.47. The van der Waals surface area contributed by atoms with E-state index in [4.69, 9.17) is 4.74 Å². The molecule has 2 N–H and O–H groups in total. The molecule has 0 aliphatic carbocycles. The molecule has 0 aliphatic rings. The fourth-order valence-corrected chi connectivity index (χ4v) is 3.10. The Morgan fingerprint density at radius 1 is 1.00 bits per heavy atom. The van der Waals surface area contributed by atoms with Crippen molar-refractivity contribution >= 4 is 28.8 Å². The Bertz CT molecular complexity index is 974. The maximum Gasteiger partial charge on any atom is 0.286 e. The predicted molar refractivity (Wildman–Crippen MR) is 116 cm³/mol. The molecule has 156 valence electrons. The molecular weight excluding hydrogens is 402 g/mol. The molecule has 0 bridgehead atoms. The number of carbonyl (C=O) groups excluding carboxylic acids is 2. The van der Waals surface area contributed by atoms with Crippen molar-refractivity contribution in [2.24, 2.45) is 0 Å². The molecule has 0 spiro atoms. The third-order valence-electron chi connectivity index (χ3n) is 4.02. The second kappa shape index (κ2) is 10.5. The van der Waals surface area contributed by atoms with E-state index in [0.717, 1.165) is 12.3 Å². The van der Waals surface area contributed by atoms with Gasteiger partial charge in [0.15, 0.2) is 5.01 Å². The fourth-order valence-electron chi connectivity index (χ4n) is 2.45. The van der Waals surface area contributed by atoms with Crippen molar-refractivity contribution in [1.82, 2.24) is 20.4 Å². The summed E-state index contributed by atoms with van der Waals surface area (Å²) < 4.78 is 5.62. The average molecular weight is 426 g/mol. The van der Waals surface area contributed by atoms with Crippen LogP contribution in [-0.4, -0.2) is 54.1 Å². The van der Waals surface area contributed by atoms with Crippen molar-refractivity contribution in [2.75, 3.05) is 32.5 Å². The molecule has 0 fully saturated rings. The minimum Gasteiger partial charge on any atom is -0.486 e. The van der Waals surface area contributed by atoms with E-state index in [1.54, 1.807) is 24.3 Å². The van der Waals surface area contributed by atoms with Crippen LogP contribution in [0.2, 0.25) is 0 Å². The second-order valence-electron chi connectivity index (χ2n) is 6.69. The molecule has 2 aromatic carbocycles. The molecule has 1 aromatic heterocycles. The first-order valence-corrected chi connectivity index (χ1v) is 10.2. The van der Waals surface area contributed by atoms with Crippen LogP contribution in [0.1, 0.15) is 25.2 Å². The molecule has 0 saturated heterocycles. The number of nitrogens with zero attached hydrogens (tertiary/aromatic N) is 3. The van der Waals surface area contributed by atoms with Crippen molar-refractivity contribution in [2.45, 2.75) is 6.61 Å². The lowest BCUT2D eigenvalue weighted by molar-refractivity contribution is 0.0950. The number of ether oxygens (including phenoxy) is 1. The van der Waals surface area contributed by atoms with Crippen LogP contribution >= 0.6 is 11.3 Å². The summed E-state index contributed by atoms with van der Waals surface area (Å²) in [4.78, 5) is 26.5. The van der Waals surface area contributed by atoms with Crippen LogP contribution in [0.4, 0.5) is 5.69 Å². The smallest absolute Gasteiger partial charge is 0.286 e. The third-order valence-corrected chi connectivity index (χ3v) is 4.91. The predicted octanol–water partition coefficient (Wildman–Crippen LogP) is 2.66. The number of anilines is 1. The number of hydrogen-bond donors (Lipinski definition) is 2. The van der Waals surface area contributed by atoms with Gasteiger partial charge in [0.05, 0.1) is 0 Å². The highest BCUT2D eigenvalue weighted by atomic mass is 32.1. The van der Waals surface area contributed by atoms with Crippen LogP contribution in [0, 0.1) is 0 Å². The van der Waals surface area contributed by atoms with Crippen LogP contribution in [0.15, 0.2) is 54.6 Å². The summed E-state index contributed by atoms with van der Waals surface area (Å²) in [6, 6.07) is 16.1. The normalized spacial score (nSPS) is 10.6. The number of aromatic nitrogens is 2. The summed E-state index contributed by atoms with van der Waals surface area (Å²) in [7, 11) is 3.89. The molecule has 0 aliphatic heterocycles. The number of hydrogen-bond acceptors (Lipinski definition) is 7. The van der Waals surface area contributed by atoms with Crippen LogP contribution < -0.4 is 15.4 Å². The molecule has 9 heteroatoms. The van der Waals surface area contributed by atoms with Gasteiger partial charge in [0.2, 0.25) is 5.01 Å². The summed E-state index contributed by atoms with van der Waals surface area (Å²) in [6.45, 7) is 1.57. The summed E-state index contributed by atoms with van der Waals surface area (Å²) in [5, 5.41) is 14.4. The Hall–Kier alpha value is -3.30. The van der Waals surface area contributed by atoms with Gasteiger partial charge < -0.3 is 20.3 Å². The number of benzene rings is 2. The highest BCUT2D eigenvalue weighted by molar-refractivity contribution is 7.13. The maximum atomic E-state index is 12.4. The number of likely N-dealkylation sites (N-methyl/N-ethyl adjacent to an activating group) is 1. The molecule has 0 saturated carbocycles. The van der Waals surface area contributed by atoms with Crippen LogP contribution in [0.3, 0.4) is 0 Å². The number of carbonyl (C=O) groups is 2. The van der Waals surface area contributed by atoms with Crippen molar-refractivity contribution < 1.29 is 14.3 Å². The van der Waals surface area contributed by atoms with E-state index in [2.05, 4.69) is 20.8 Å². The van der Waals surface area contributed by atoms with Gasteiger partial charge in [-0.25, -0.2) is 0 Å². The van der Waals surface area contributed by atoms with Gasteiger partial charge in [-0.15, -0.1) is 10.2 Å². The first kappa shape index (κ1) is 21.4. The van der Waals surface area contributed by atoms with Gasteiger partial charge in [-0.05, 0) is 50.5 Å². The van der Waals surface area contributed by atoms with Crippen molar-refractivity contribution in [3.8, 4) is 5.75 Å². The molecular formula is C21H23N5O3S. The molecule has 1 heterocycles. The number of amides is 2. The Morgan fingerprint density at radius 3 is 2.43 bits per heavy atom. The minimum atomic E-state index is -0.360. The van der Waals surface area contributed by atoms with Gasteiger partial charge in [0, 0.05) is 24.3 Å². The second-order valence-corrected chi connectivity index (χ2v) is 7.76. The van der Waals surface area contributed by atoms with Gasteiger partial charge >= 0.3 is 0 Å².